The van der Waals surface area contributed by atoms with Gasteiger partial charge in [-0.15, -0.1) is 0 Å². The van der Waals surface area contributed by atoms with Crippen LogP contribution in [0.3, 0.4) is 0 Å². The fourth-order valence-corrected chi connectivity index (χ4v) is 3.12. The maximum absolute atomic E-state index is 12.6. The van der Waals surface area contributed by atoms with Crippen LogP contribution in [0.5, 0.6) is 11.5 Å². The van der Waals surface area contributed by atoms with Crippen LogP contribution in [0.4, 0.5) is 16.2 Å². The van der Waals surface area contributed by atoms with E-state index in [-0.39, 0.29) is 6.03 Å². The molecule has 0 aromatic heterocycles. The van der Waals surface area contributed by atoms with Gasteiger partial charge in [0.2, 0.25) is 0 Å². The summed E-state index contributed by atoms with van der Waals surface area (Å²) in [7, 11) is 3.15. The van der Waals surface area contributed by atoms with Gasteiger partial charge in [0.25, 0.3) is 0 Å². The Morgan fingerprint density at radius 1 is 1.04 bits per heavy atom. The van der Waals surface area contributed by atoms with E-state index in [0.717, 1.165) is 18.8 Å². The van der Waals surface area contributed by atoms with Crippen molar-refractivity contribution in [3.8, 4) is 11.5 Å². The van der Waals surface area contributed by atoms with E-state index in [1.54, 1.807) is 37.3 Å². The van der Waals surface area contributed by atoms with Crippen molar-refractivity contribution < 1.29 is 14.3 Å². The van der Waals surface area contributed by atoms with Crippen molar-refractivity contribution in [2.75, 3.05) is 50.6 Å². The monoisotopic (exact) mass is 375 g/mol. The van der Waals surface area contributed by atoms with Crippen LogP contribution in [0.25, 0.3) is 0 Å². The Labute approximate surface area is 158 Å². The minimum atomic E-state index is -0.140. The molecule has 26 heavy (non-hydrogen) atoms. The summed E-state index contributed by atoms with van der Waals surface area (Å²) in [5, 5.41) is 3.63. The number of benzene rings is 2. The van der Waals surface area contributed by atoms with Crippen LogP contribution in [-0.2, 0) is 0 Å². The molecule has 2 aromatic carbocycles. The Bertz CT molecular complexity index is 776. The van der Waals surface area contributed by atoms with Gasteiger partial charge >= 0.3 is 6.03 Å². The molecule has 0 unspecified atom stereocenters. The Morgan fingerprint density at radius 2 is 1.81 bits per heavy atom. The van der Waals surface area contributed by atoms with Gasteiger partial charge in [0.15, 0.2) is 0 Å². The van der Waals surface area contributed by atoms with E-state index in [1.165, 1.54) is 0 Å². The molecule has 1 aliphatic rings. The molecule has 0 radical (unpaired) electrons. The van der Waals surface area contributed by atoms with Gasteiger partial charge in [0.1, 0.15) is 11.5 Å². The van der Waals surface area contributed by atoms with Crippen LogP contribution in [0.1, 0.15) is 0 Å². The number of amides is 2. The van der Waals surface area contributed by atoms with Crippen LogP contribution >= 0.6 is 11.6 Å². The summed E-state index contributed by atoms with van der Waals surface area (Å²) in [5.74, 6) is 1.24. The topological polar surface area (TPSA) is 54.0 Å². The van der Waals surface area contributed by atoms with Gasteiger partial charge in [-0.3, -0.25) is 0 Å². The second kappa shape index (κ2) is 8.19. The molecule has 1 N–H and O–H groups in total. The fourth-order valence-electron chi connectivity index (χ4n) is 2.94. The number of hydrogen-bond donors (Lipinski definition) is 1. The van der Waals surface area contributed by atoms with E-state index < -0.39 is 0 Å². The van der Waals surface area contributed by atoms with Crippen molar-refractivity contribution in [2.24, 2.45) is 0 Å². The molecule has 138 valence electrons. The normalized spacial score (nSPS) is 14.1. The number of halogens is 1. The maximum Gasteiger partial charge on any atom is 0.322 e. The molecular formula is C19H22ClN3O3. The molecule has 1 fully saturated rings. The Kier molecular flexibility index (Phi) is 5.73. The molecular weight excluding hydrogens is 354 g/mol. The van der Waals surface area contributed by atoms with Crippen LogP contribution in [0, 0.1) is 0 Å². The molecule has 1 saturated heterocycles. The fraction of sp³-hybridized carbons (Fsp3) is 0.316. The number of ether oxygens (including phenoxy) is 2. The standard InChI is InChI=1S/C19H22ClN3O3/c1-25-16-6-7-17(18(13-16)26-2)21-19(24)23-10-8-22(9-11-23)15-5-3-4-14(20)12-15/h3-7,12-13H,8-11H2,1-2H3,(H,21,24). The Balaban J connectivity index is 1.60. The highest BCUT2D eigenvalue weighted by Crippen LogP contribution is 2.29. The largest absolute Gasteiger partial charge is 0.497 e. The molecule has 0 spiro atoms. The lowest BCUT2D eigenvalue weighted by Gasteiger charge is -2.36. The minimum absolute atomic E-state index is 0.140. The van der Waals surface area contributed by atoms with Crippen LogP contribution in [0.15, 0.2) is 42.5 Å². The number of nitrogens with one attached hydrogen (secondary N) is 1. The molecule has 0 aliphatic carbocycles. The third-order valence-corrected chi connectivity index (χ3v) is 4.63. The Hall–Kier alpha value is -2.60. The molecule has 0 bridgehead atoms. The zero-order valence-corrected chi connectivity index (χ0v) is 15.6. The average Bonchev–Trinajstić information content (AvgIpc) is 2.68. The van der Waals surface area contributed by atoms with Crippen LogP contribution in [0.2, 0.25) is 5.02 Å². The second-order valence-electron chi connectivity index (χ2n) is 5.95. The quantitative estimate of drug-likeness (QED) is 0.885. The van der Waals surface area contributed by atoms with Crippen LogP contribution in [-0.4, -0.2) is 51.3 Å². The van der Waals surface area contributed by atoms with Crippen molar-refractivity contribution in [1.29, 1.82) is 0 Å². The van der Waals surface area contributed by atoms with E-state index in [9.17, 15) is 4.79 Å². The van der Waals surface area contributed by atoms with Crippen molar-refractivity contribution >= 4 is 29.0 Å². The van der Waals surface area contributed by atoms with Gasteiger partial charge in [-0.2, -0.15) is 0 Å². The number of nitrogens with zero attached hydrogens (tertiary/aromatic N) is 2. The molecule has 2 aromatic rings. The predicted molar refractivity (Wildman–Crippen MR) is 104 cm³/mol. The zero-order valence-electron chi connectivity index (χ0n) is 14.9. The van der Waals surface area contributed by atoms with E-state index in [1.807, 2.05) is 24.3 Å². The van der Waals surface area contributed by atoms with E-state index in [4.69, 9.17) is 21.1 Å². The lowest BCUT2D eigenvalue weighted by Crippen LogP contribution is -2.50. The smallest absolute Gasteiger partial charge is 0.322 e. The number of methoxy groups -OCH3 is 2. The zero-order chi connectivity index (χ0) is 18.5. The second-order valence-corrected chi connectivity index (χ2v) is 6.39. The summed E-state index contributed by atoms with van der Waals surface area (Å²) in [6.45, 7) is 2.79. The van der Waals surface area contributed by atoms with E-state index in [2.05, 4.69) is 10.2 Å². The summed E-state index contributed by atoms with van der Waals surface area (Å²) in [4.78, 5) is 16.6. The van der Waals surface area contributed by atoms with Gasteiger partial charge in [0.05, 0.1) is 19.9 Å². The van der Waals surface area contributed by atoms with Gasteiger partial charge in [-0.1, -0.05) is 17.7 Å². The highest BCUT2D eigenvalue weighted by Gasteiger charge is 2.22. The molecule has 1 heterocycles. The number of hydrogen-bond acceptors (Lipinski definition) is 4. The number of urea groups is 1. The molecule has 6 nitrogen and oxygen atoms in total. The number of rotatable bonds is 4. The first-order chi connectivity index (χ1) is 12.6. The highest BCUT2D eigenvalue weighted by atomic mass is 35.5. The van der Waals surface area contributed by atoms with Gasteiger partial charge < -0.3 is 24.6 Å². The summed E-state index contributed by atoms with van der Waals surface area (Å²) in [6, 6.07) is 12.9. The summed E-state index contributed by atoms with van der Waals surface area (Å²) >= 11 is 6.06. The third kappa shape index (κ3) is 4.14. The molecule has 2 amide bonds. The minimum Gasteiger partial charge on any atom is -0.497 e. The van der Waals surface area contributed by atoms with Gasteiger partial charge in [-0.25, -0.2) is 4.79 Å². The van der Waals surface area contributed by atoms with Gasteiger partial charge in [-0.05, 0) is 30.3 Å². The molecule has 0 saturated carbocycles. The first-order valence-corrected chi connectivity index (χ1v) is 8.77. The average molecular weight is 376 g/mol. The van der Waals surface area contributed by atoms with E-state index in [0.29, 0.717) is 35.3 Å². The van der Waals surface area contributed by atoms with Crippen molar-refractivity contribution in [3.63, 3.8) is 0 Å². The number of carbonyl (C=O) groups is 1. The lowest BCUT2D eigenvalue weighted by molar-refractivity contribution is 0.208. The predicted octanol–water partition coefficient (Wildman–Crippen LogP) is 3.71. The Morgan fingerprint density at radius 3 is 2.46 bits per heavy atom. The van der Waals surface area contributed by atoms with Crippen molar-refractivity contribution in [1.82, 2.24) is 4.90 Å². The maximum atomic E-state index is 12.6. The van der Waals surface area contributed by atoms with E-state index >= 15 is 0 Å². The van der Waals surface area contributed by atoms with Gasteiger partial charge in [0, 0.05) is 43.0 Å². The van der Waals surface area contributed by atoms with Crippen molar-refractivity contribution in [3.05, 3.63) is 47.5 Å². The third-order valence-electron chi connectivity index (χ3n) is 4.39. The first kappa shape index (κ1) is 18.2. The summed E-state index contributed by atoms with van der Waals surface area (Å²) < 4.78 is 10.5. The molecule has 3 rings (SSSR count). The van der Waals surface area contributed by atoms with Crippen molar-refractivity contribution in [2.45, 2.75) is 0 Å². The molecule has 0 atom stereocenters. The molecule has 7 heteroatoms. The van der Waals surface area contributed by atoms with Crippen LogP contribution < -0.4 is 19.7 Å². The first-order valence-electron chi connectivity index (χ1n) is 8.39. The SMILES string of the molecule is COc1ccc(NC(=O)N2CCN(c3cccc(Cl)c3)CC2)c(OC)c1. The number of piperazine rings is 1. The number of carbonyl (C=O) groups excluding carboxylic acids is 1. The number of anilines is 2. The highest BCUT2D eigenvalue weighted by molar-refractivity contribution is 6.30. The summed E-state index contributed by atoms with van der Waals surface area (Å²) in [5.41, 5.74) is 1.70. The summed E-state index contributed by atoms with van der Waals surface area (Å²) in [6.07, 6.45) is 0. The molecule has 1 aliphatic heterocycles. The lowest BCUT2D eigenvalue weighted by atomic mass is 10.2.